The number of nitriles is 2. The molecule has 2 aromatic carbocycles. The predicted octanol–water partition coefficient (Wildman–Crippen LogP) is 3.41. The van der Waals surface area contributed by atoms with Gasteiger partial charge in [-0.2, -0.15) is 10.5 Å². The highest BCUT2D eigenvalue weighted by atomic mass is 14.3. The minimum Gasteiger partial charge on any atom is -0.192 e. The molecule has 0 saturated carbocycles. The molecule has 0 fully saturated rings. The van der Waals surface area contributed by atoms with Gasteiger partial charge in [-0.3, -0.25) is 0 Å². The highest BCUT2D eigenvalue weighted by Crippen LogP contribution is 2.25. The second-order valence-corrected chi connectivity index (χ2v) is 3.82. The molecule has 80 valence electrons. The second-order valence-electron chi connectivity index (χ2n) is 3.82. The van der Waals surface area contributed by atoms with Gasteiger partial charge in [0.1, 0.15) is 12.1 Å². The Labute approximate surface area is 100 Å². The molecule has 0 spiro atoms. The van der Waals surface area contributed by atoms with E-state index in [1.807, 2.05) is 43.3 Å². The van der Waals surface area contributed by atoms with Crippen molar-refractivity contribution in [2.45, 2.75) is 6.92 Å². The first-order chi connectivity index (χ1) is 8.26. The fraction of sp³-hybridized carbons (Fsp3) is 0.0667. The van der Waals surface area contributed by atoms with E-state index < -0.39 is 0 Å². The lowest BCUT2D eigenvalue weighted by Crippen LogP contribution is -1.89. The van der Waals surface area contributed by atoms with Gasteiger partial charge >= 0.3 is 0 Å². The van der Waals surface area contributed by atoms with Gasteiger partial charge < -0.3 is 0 Å². The van der Waals surface area contributed by atoms with Crippen LogP contribution in [-0.2, 0) is 0 Å². The molecule has 0 atom stereocenters. The Balaban J connectivity index is 2.65. The Morgan fingerprint density at radius 2 is 1.59 bits per heavy atom. The summed E-state index contributed by atoms with van der Waals surface area (Å²) in [5.41, 5.74) is 3.81. The Morgan fingerprint density at radius 3 is 2.18 bits per heavy atom. The lowest BCUT2D eigenvalue weighted by atomic mass is 9.96. The van der Waals surface area contributed by atoms with E-state index in [4.69, 9.17) is 10.5 Å². The van der Waals surface area contributed by atoms with Gasteiger partial charge in [-0.05, 0) is 18.6 Å². The maximum absolute atomic E-state index is 9.15. The van der Waals surface area contributed by atoms with Crippen molar-refractivity contribution in [2.24, 2.45) is 0 Å². The molecule has 2 heteroatoms. The van der Waals surface area contributed by atoms with Crippen LogP contribution in [0, 0.1) is 29.6 Å². The van der Waals surface area contributed by atoms with Crippen molar-refractivity contribution in [1.82, 2.24) is 0 Å². The predicted molar refractivity (Wildman–Crippen MR) is 66.0 cm³/mol. The van der Waals surface area contributed by atoms with Crippen molar-refractivity contribution < 1.29 is 0 Å². The fourth-order valence-electron chi connectivity index (χ4n) is 1.74. The van der Waals surface area contributed by atoms with Crippen molar-refractivity contribution in [3.05, 3.63) is 59.2 Å². The summed E-state index contributed by atoms with van der Waals surface area (Å²) in [5, 5.41) is 18.1. The minimum atomic E-state index is 0.422. The maximum Gasteiger partial charge on any atom is 0.101 e. The first-order valence-corrected chi connectivity index (χ1v) is 5.26. The van der Waals surface area contributed by atoms with Crippen LogP contribution >= 0.6 is 0 Å². The van der Waals surface area contributed by atoms with E-state index in [-0.39, 0.29) is 0 Å². The molecule has 0 aliphatic carbocycles. The Bertz CT molecular complexity index is 625. The third-order valence-electron chi connectivity index (χ3n) is 2.66. The van der Waals surface area contributed by atoms with E-state index in [2.05, 4.69) is 6.07 Å². The number of rotatable bonds is 1. The maximum atomic E-state index is 9.15. The lowest BCUT2D eigenvalue weighted by molar-refractivity contribution is 1.42. The molecule has 0 amide bonds. The molecule has 0 aliphatic heterocycles. The second kappa shape index (κ2) is 4.51. The third kappa shape index (κ3) is 2.02. The molecule has 0 N–H and O–H groups in total. The van der Waals surface area contributed by atoms with Crippen LogP contribution in [0.2, 0.25) is 0 Å². The van der Waals surface area contributed by atoms with Gasteiger partial charge in [-0.1, -0.05) is 42.0 Å². The van der Waals surface area contributed by atoms with Crippen LogP contribution in [0.4, 0.5) is 0 Å². The fourth-order valence-corrected chi connectivity index (χ4v) is 1.74. The van der Waals surface area contributed by atoms with Crippen molar-refractivity contribution in [1.29, 1.82) is 10.5 Å². The summed E-state index contributed by atoms with van der Waals surface area (Å²) in [7, 11) is 0. The zero-order valence-electron chi connectivity index (χ0n) is 9.44. The summed E-state index contributed by atoms with van der Waals surface area (Å²) >= 11 is 0. The molecule has 0 aliphatic rings. The van der Waals surface area contributed by atoms with Crippen LogP contribution < -0.4 is 0 Å². The average Bonchev–Trinajstić information content (AvgIpc) is 2.38. The van der Waals surface area contributed by atoms with E-state index in [0.29, 0.717) is 11.1 Å². The molecule has 0 unspecified atom stereocenters. The van der Waals surface area contributed by atoms with Crippen LogP contribution in [0.15, 0.2) is 42.5 Å². The van der Waals surface area contributed by atoms with Crippen molar-refractivity contribution >= 4 is 0 Å². The number of nitrogens with zero attached hydrogens (tertiary/aromatic N) is 2. The number of hydrogen-bond donors (Lipinski definition) is 0. The van der Waals surface area contributed by atoms with Gasteiger partial charge in [0.15, 0.2) is 0 Å². The molecule has 2 nitrogen and oxygen atoms in total. The van der Waals surface area contributed by atoms with Gasteiger partial charge in [0.25, 0.3) is 0 Å². The highest BCUT2D eigenvalue weighted by molar-refractivity contribution is 5.73. The van der Waals surface area contributed by atoms with Gasteiger partial charge in [-0.15, -0.1) is 0 Å². The largest absolute Gasteiger partial charge is 0.192 e. The van der Waals surface area contributed by atoms with Crippen molar-refractivity contribution in [3.63, 3.8) is 0 Å². The molecule has 0 aromatic heterocycles. The number of hydrogen-bond acceptors (Lipinski definition) is 2. The number of benzene rings is 2. The average molecular weight is 218 g/mol. The molecule has 0 radical (unpaired) electrons. The third-order valence-corrected chi connectivity index (χ3v) is 2.66. The van der Waals surface area contributed by atoms with E-state index >= 15 is 0 Å². The van der Waals surface area contributed by atoms with E-state index in [9.17, 15) is 0 Å². The van der Waals surface area contributed by atoms with E-state index in [1.165, 1.54) is 5.56 Å². The Kier molecular flexibility index (Phi) is 2.90. The molecule has 2 rings (SSSR count). The topological polar surface area (TPSA) is 47.6 Å². The van der Waals surface area contributed by atoms with Gasteiger partial charge in [-0.25, -0.2) is 0 Å². The van der Waals surface area contributed by atoms with Crippen molar-refractivity contribution in [2.75, 3.05) is 0 Å². The van der Waals surface area contributed by atoms with Crippen LogP contribution in [-0.4, -0.2) is 0 Å². The number of aryl methyl sites for hydroxylation is 1. The monoisotopic (exact) mass is 218 g/mol. The van der Waals surface area contributed by atoms with Crippen molar-refractivity contribution in [3.8, 4) is 23.3 Å². The molecule has 0 heterocycles. The SMILES string of the molecule is Cc1ccc(-c2cccc(C#N)c2C#N)cc1. The Hall–Kier alpha value is -2.58. The molecule has 17 heavy (non-hydrogen) atoms. The minimum absolute atomic E-state index is 0.422. The van der Waals surface area contributed by atoms with Crippen LogP contribution in [0.25, 0.3) is 11.1 Å². The molecule has 2 aromatic rings. The van der Waals surface area contributed by atoms with Gasteiger partial charge in [0.2, 0.25) is 0 Å². The molecular weight excluding hydrogens is 208 g/mol. The summed E-state index contributed by atoms with van der Waals surface area (Å²) in [5.74, 6) is 0. The van der Waals surface area contributed by atoms with E-state index in [0.717, 1.165) is 11.1 Å². The lowest BCUT2D eigenvalue weighted by Gasteiger charge is -2.05. The summed E-state index contributed by atoms with van der Waals surface area (Å²) in [6.45, 7) is 2.01. The molecular formula is C15H10N2. The van der Waals surface area contributed by atoms with Crippen LogP contribution in [0.1, 0.15) is 16.7 Å². The first-order valence-electron chi connectivity index (χ1n) is 5.26. The standard InChI is InChI=1S/C15H10N2/c1-11-5-7-12(8-6-11)14-4-2-3-13(9-16)15(14)10-17/h2-8H,1H3. The normalized spacial score (nSPS) is 9.35. The summed E-state index contributed by atoms with van der Waals surface area (Å²) < 4.78 is 0. The van der Waals surface area contributed by atoms with Crippen LogP contribution in [0.3, 0.4) is 0 Å². The first kappa shape index (κ1) is 10.9. The summed E-state index contributed by atoms with van der Waals surface area (Å²) in [6, 6.07) is 17.4. The van der Waals surface area contributed by atoms with E-state index in [1.54, 1.807) is 12.1 Å². The summed E-state index contributed by atoms with van der Waals surface area (Å²) in [4.78, 5) is 0. The smallest absolute Gasteiger partial charge is 0.101 e. The Morgan fingerprint density at radius 1 is 0.882 bits per heavy atom. The van der Waals surface area contributed by atoms with Gasteiger partial charge in [0.05, 0.1) is 11.1 Å². The summed E-state index contributed by atoms with van der Waals surface area (Å²) in [6.07, 6.45) is 0. The zero-order chi connectivity index (χ0) is 12.3. The zero-order valence-corrected chi connectivity index (χ0v) is 9.44. The van der Waals surface area contributed by atoms with Crippen LogP contribution in [0.5, 0.6) is 0 Å². The molecule has 0 saturated heterocycles. The highest BCUT2D eigenvalue weighted by Gasteiger charge is 2.08. The molecule has 0 bridgehead atoms. The quantitative estimate of drug-likeness (QED) is 0.736. The van der Waals surface area contributed by atoms with Gasteiger partial charge in [0, 0.05) is 5.56 Å².